The minimum absolute atomic E-state index is 0.609. The first-order valence-electron chi connectivity index (χ1n) is 6.87. The highest BCUT2D eigenvalue weighted by Gasteiger charge is 2.05. The summed E-state index contributed by atoms with van der Waals surface area (Å²) < 4.78 is 7.98. The number of hydrogen-bond donors (Lipinski definition) is 0. The van der Waals surface area contributed by atoms with Crippen molar-refractivity contribution in [3.05, 3.63) is 36.0 Å². The molecule has 0 saturated heterocycles. The van der Waals surface area contributed by atoms with Crippen molar-refractivity contribution in [2.24, 2.45) is 5.92 Å². The molecule has 98 valence electrons. The molecule has 0 unspecified atom stereocenters. The number of ether oxygens (including phenoxy) is 1. The first-order chi connectivity index (χ1) is 8.72. The van der Waals surface area contributed by atoms with Crippen LogP contribution in [0, 0.1) is 5.92 Å². The van der Waals surface area contributed by atoms with Crippen LogP contribution in [0.3, 0.4) is 0 Å². The van der Waals surface area contributed by atoms with Gasteiger partial charge in [-0.15, -0.1) is 0 Å². The van der Waals surface area contributed by atoms with E-state index in [0.717, 1.165) is 26.2 Å². The summed E-state index contributed by atoms with van der Waals surface area (Å²) in [5, 5.41) is 1.33. The van der Waals surface area contributed by atoms with Crippen LogP contribution >= 0.6 is 0 Å². The van der Waals surface area contributed by atoms with Crippen LogP contribution in [0.25, 0.3) is 10.9 Å². The normalized spacial score (nSPS) is 11.6. The molecular formula is C16H23NO. The molecule has 0 spiro atoms. The van der Waals surface area contributed by atoms with E-state index in [1.807, 2.05) is 0 Å². The molecule has 0 atom stereocenters. The average molecular weight is 245 g/mol. The zero-order valence-electron chi connectivity index (χ0n) is 11.6. The fraction of sp³-hybridized carbons (Fsp3) is 0.500. The van der Waals surface area contributed by atoms with Gasteiger partial charge in [0, 0.05) is 19.3 Å². The minimum atomic E-state index is 0.609. The van der Waals surface area contributed by atoms with Gasteiger partial charge in [-0.1, -0.05) is 39.0 Å². The number of benzene rings is 1. The number of aryl methyl sites for hydroxylation is 1. The highest BCUT2D eigenvalue weighted by Crippen LogP contribution is 2.20. The predicted molar refractivity (Wildman–Crippen MR) is 77.0 cm³/mol. The van der Waals surface area contributed by atoms with Crippen molar-refractivity contribution in [2.75, 3.05) is 13.2 Å². The average Bonchev–Trinajstić information content (AvgIpc) is 2.77. The Morgan fingerprint density at radius 2 is 2.06 bits per heavy atom. The number of nitrogens with zero attached hydrogens (tertiary/aromatic N) is 1. The third-order valence-corrected chi connectivity index (χ3v) is 3.18. The van der Waals surface area contributed by atoms with Crippen molar-refractivity contribution < 1.29 is 4.74 Å². The van der Waals surface area contributed by atoms with Crippen LogP contribution in [0.5, 0.6) is 0 Å². The summed E-state index contributed by atoms with van der Waals surface area (Å²) in [6.07, 6.45) is 3.25. The van der Waals surface area contributed by atoms with Crippen molar-refractivity contribution in [2.45, 2.75) is 33.7 Å². The second-order valence-electron chi connectivity index (χ2n) is 5.19. The standard InChI is InChI=1S/C16H23NO/c1-4-14-6-5-7-15-8-9-17(16(14)15)10-11-18-12-13(2)3/h5-9,13H,4,10-12H2,1-3H3. The lowest BCUT2D eigenvalue weighted by atomic mass is 10.1. The van der Waals surface area contributed by atoms with Gasteiger partial charge in [-0.3, -0.25) is 0 Å². The summed E-state index contributed by atoms with van der Waals surface area (Å²) in [6, 6.07) is 8.73. The maximum absolute atomic E-state index is 5.67. The highest BCUT2D eigenvalue weighted by molar-refractivity contribution is 5.83. The quantitative estimate of drug-likeness (QED) is 0.705. The lowest BCUT2D eigenvalue weighted by molar-refractivity contribution is 0.104. The third kappa shape index (κ3) is 2.94. The molecule has 2 heteroatoms. The number of fused-ring (bicyclic) bond motifs is 1. The second-order valence-corrected chi connectivity index (χ2v) is 5.19. The molecule has 1 aromatic heterocycles. The SMILES string of the molecule is CCc1cccc2ccn(CCOCC(C)C)c12. The predicted octanol–water partition coefficient (Wildman–Crippen LogP) is 3.88. The summed E-state index contributed by atoms with van der Waals surface area (Å²) in [5.74, 6) is 0.609. The summed E-state index contributed by atoms with van der Waals surface area (Å²) >= 11 is 0. The molecule has 2 nitrogen and oxygen atoms in total. The Balaban J connectivity index is 2.09. The molecule has 0 N–H and O–H groups in total. The maximum Gasteiger partial charge on any atom is 0.0645 e. The van der Waals surface area contributed by atoms with E-state index in [1.165, 1.54) is 16.5 Å². The van der Waals surface area contributed by atoms with Crippen molar-refractivity contribution in [1.29, 1.82) is 0 Å². The van der Waals surface area contributed by atoms with Crippen LogP contribution in [-0.4, -0.2) is 17.8 Å². The largest absolute Gasteiger partial charge is 0.379 e. The van der Waals surface area contributed by atoms with E-state index < -0.39 is 0 Å². The Hall–Kier alpha value is -1.28. The van der Waals surface area contributed by atoms with Gasteiger partial charge in [-0.25, -0.2) is 0 Å². The summed E-state index contributed by atoms with van der Waals surface area (Å²) in [6.45, 7) is 9.15. The lowest BCUT2D eigenvalue weighted by Crippen LogP contribution is -2.09. The van der Waals surface area contributed by atoms with Gasteiger partial charge < -0.3 is 9.30 Å². The van der Waals surface area contributed by atoms with Gasteiger partial charge in [0.05, 0.1) is 12.1 Å². The minimum Gasteiger partial charge on any atom is -0.379 e. The first-order valence-corrected chi connectivity index (χ1v) is 6.87. The van der Waals surface area contributed by atoms with Crippen LogP contribution < -0.4 is 0 Å². The van der Waals surface area contributed by atoms with Crippen molar-refractivity contribution >= 4 is 10.9 Å². The Morgan fingerprint density at radius 3 is 2.78 bits per heavy atom. The van der Waals surface area contributed by atoms with Crippen molar-refractivity contribution in [3.8, 4) is 0 Å². The number of para-hydroxylation sites is 1. The lowest BCUT2D eigenvalue weighted by Gasteiger charge is -2.10. The van der Waals surface area contributed by atoms with E-state index in [9.17, 15) is 0 Å². The summed E-state index contributed by atoms with van der Waals surface area (Å²) in [4.78, 5) is 0. The van der Waals surface area contributed by atoms with E-state index in [0.29, 0.717) is 5.92 Å². The number of aromatic nitrogens is 1. The van der Waals surface area contributed by atoms with E-state index in [1.54, 1.807) is 0 Å². The molecular weight excluding hydrogens is 222 g/mol. The van der Waals surface area contributed by atoms with Crippen LogP contribution in [0.2, 0.25) is 0 Å². The molecule has 2 rings (SSSR count). The van der Waals surface area contributed by atoms with Crippen molar-refractivity contribution in [1.82, 2.24) is 4.57 Å². The monoisotopic (exact) mass is 245 g/mol. The van der Waals surface area contributed by atoms with Gasteiger partial charge >= 0.3 is 0 Å². The highest BCUT2D eigenvalue weighted by atomic mass is 16.5. The van der Waals surface area contributed by atoms with Crippen LogP contribution in [0.15, 0.2) is 30.5 Å². The van der Waals surface area contributed by atoms with E-state index in [4.69, 9.17) is 4.74 Å². The van der Waals surface area contributed by atoms with Crippen LogP contribution in [-0.2, 0) is 17.7 Å². The van der Waals surface area contributed by atoms with Crippen LogP contribution in [0.1, 0.15) is 26.3 Å². The Bertz CT molecular complexity index is 499. The third-order valence-electron chi connectivity index (χ3n) is 3.18. The van der Waals surface area contributed by atoms with Crippen molar-refractivity contribution in [3.63, 3.8) is 0 Å². The molecule has 0 saturated carbocycles. The molecule has 0 aliphatic heterocycles. The molecule has 0 radical (unpaired) electrons. The summed E-state index contributed by atoms with van der Waals surface area (Å²) in [7, 11) is 0. The van der Waals surface area contributed by atoms with Gasteiger partial charge in [0.1, 0.15) is 0 Å². The number of hydrogen-bond acceptors (Lipinski definition) is 1. The van der Waals surface area contributed by atoms with Gasteiger partial charge in [-0.2, -0.15) is 0 Å². The first kappa shape index (κ1) is 13.2. The molecule has 0 bridgehead atoms. The van der Waals surface area contributed by atoms with E-state index in [-0.39, 0.29) is 0 Å². The van der Waals surface area contributed by atoms with Gasteiger partial charge in [0.25, 0.3) is 0 Å². The number of rotatable bonds is 6. The zero-order chi connectivity index (χ0) is 13.0. The molecule has 1 heterocycles. The van der Waals surface area contributed by atoms with Gasteiger partial charge in [-0.05, 0) is 29.4 Å². The van der Waals surface area contributed by atoms with E-state index >= 15 is 0 Å². The molecule has 0 amide bonds. The molecule has 18 heavy (non-hydrogen) atoms. The van der Waals surface area contributed by atoms with Gasteiger partial charge in [0.15, 0.2) is 0 Å². The second kappa shape index (κ2) is 6.05. The maximum atomic E-state index is 5.67. The smallest absolute Gasteiger partial charge is 0.0645 e. The Morgan fingerprint density at radius 1 is 1.22 bits per heavy atom. The molecule has 0 aliphatic rings. The fourth-order valence-electron chi connectivity index (χ4n) is 2.29. The van der Waals surface area contributed by atoms with Crippen LogP contribution in [0.4, 0.5) is 0 Å². The van der Waals surface area contributed by atoms with E-state index in [2.05, 4.69) is 55.8 Å². The molecule has 0 aliphatic carbocycles. The zero-order valence-corrected chi connectivity index (χ0v) is 11.6. The molecule has 0 fully saturated rings. The molecule has 1 aromatic carbocycles. The fourth-order valence-corrected chi connectivity index (χ4v) is 2.29. The molecule has 2 aromatic rings. The van der Waals surface area contributed by atoms with Gasteiger partial charge in [0.2, 0.25) is 0 Å². The Labute approximate surface area is 110 Å². The topological polar surface area (TPSA) is 14.2 Å². The summed E-state index contributed by atoms with van der Waals surface area (Å²) in [5.41, 5.74) is 2.79. The Kier molecular flexibility index (Phi) is 4.43.